The molecule has 2 aliphatic heterocycles. The molecule has 0 aromatic heterocycles. The topological polar surface area (TPSA) is 47.6 Å². The Bertz CT molecular complexity index is 749. The number of amides is 1. The molecule has 2 aromatic rings. The summed E-state index contributed by atoms with van der Waals surface area (Å²) in [5.41, 5.74) is 3.40. The first kappa shape index (κ1) is 11.1. The Kier molecular flexibility index (Phi) is 2.29. The van der Waals surface area contributed by atoms with Crippen molar-refractivity contribution in [2.45, 2.75) is 0 Å². The van der Waals surface area contributed by atoms with E-state index in [0.29, 0.717) is 5.56 Å². The summed E-state index contributed by atoms with van der Waals surface area (Å²) in [6, 6.07) is 13.3. The van der Waals surface area contributed by atoms with E-state index in [-0.39, 0.29) is 12.7 Å². The molecule has 4 rings (SSSR count). The lowest BCUT2D eigenvalue weighted by atomic mass is 10.1. The van der Waals surface area contributed by atoms with E-state index in [1.165, 1.54) is 0 Å². The minimum absolute atomic E-state index is 0.0624. The third-order valence-corrected chi connectivity index (χ3v) is 3.42. The van der Waals surface area contributed by atoms with E-state index >= 15 is 0 Å². The van der Waals surface area contributed by atoms with Gasteiger partial charge in [-0.3, -0.25) is 4.79 Å². The number of nitrogens with one attached hydrogen (secondary N) is 1. The van der Waals surface area contributed by atoms with Crippen LogP contribution in [0.3, 0.4) is 0 Å². The fraction of sp³-hybridized carbons (Fsp3) is 0.0625. The van der Waals surface area contributed by atoms with Crippen molar-refractivity contribution in [3.63, 3.8) is 0 Å². The Balaban J connectivity index is 1.77. The number of carbonyl (C=O) groups is 1. The molecule has 1 N–H and O–H groups in total. The van der Waals surface area contributed by atoms with Crippen LogP contribution in [0, 0.1) is 0 Å². The molecule has 0 saturated heterocycles. The predicted molar refractivity (Wildman–Crippen MR) is 74.3 cm³/mol. The molecule has 0 saturated carbocycles. The zero-order chi connectivity index (χ0) is 13.5. The molecule has 0 atom stereocenters. The van der Waals surface area contributed by atoms with E-state index < -0.39 is 0 Å². The number of rotatable bonds is 1. The van der Waals surface area contributed by atoms with Gasteiger partial charge in [-0.2, -0.15) is 0 Å². The lowest BCUT2D eigenvalue weighted by Crippen LogP contribution is -2.11. The summed E-state index contributed by atoms with van der Waals surface area (Å²) in [5, 5.41) is 2.89. The van der Waals surface area contributed by atoms with Crippen molar-refractivity contribution in [2.75, 3.05) is 6.79 Å². The average Bonchev–Trinajstić information content (AvgIpc) is 3.05. The predicted octanol–water partition coefficient (Wildman–Crippen LogP) is 2.66. The third-order valence-electron chi connectivity index (χ3n) is 3.42. The fourth-order valence-corrected chi connectivity index (χ4v) is 2.46. The third kappa shape index (κ3) is 1.66. The van der Waals surface area contributed by atoms with Crippen LogP contribution in [0.15, 0.2) is 42.5 Å². The van der Waals surface area contributed by atoms with Gasteiger partial charge in [-0.1, -0.05) is 24.3 Å². The summed E-state index contributed by atoms with van der Waals surface area (Å²) in [7, 11) is 0. The van der Waals surface area contributed by atoms with Gasteiger partial charge in [0, 0.05) is 16.8 Å². The Labute approximate surface area is 115 Å². The summed E-state index contributed by atoms with van der Waals surface area (Å²) >= 11 is 0. The summed E-state index contributed by atoms with van der Waals surface area (Å²) in [6.45, 7) is 0.259. The normalized spacial score (nSPS) is 17.2. The zero-order valence-electron chi connectivity index (χ0n) is 10.6. The largest absolute Gasteiger partial charge is 0.454 e. The first-order chi connectivity index (χ1) is 9.81. The van der Waals surface area contributed by atoms with Crippen LogP contribution in [0.5, 0.6) is 11.5 Å². The molecule has 98 valence electrons. The van der Waals surface area contributed by atoms with E-state index in [1.54, 1.807) is 0 Å². The van der Waals surface area contributed by atoms with Crippen LogP contribution >= 0.6 is 0 Å². The van der Waals surface area contributed by atoms with E-state index in [4.69, 9.17) is 9.47 Å². The molecule has 2 heterocycles. The standard InChI is InChI=1S/C16H11NO3/c18-16-12-4-2-1-3-11(12)13(17-16)7-10-5-6-14-15(8-10)20-9-19-14/h1-8H,9H2,(H,17,18)/b13-7+. The molecular weight excluding hydrogens is 254 g/mol. The van der Waals surface area contributed by atoms with Crippen molar-refractivity contribution in [3.05, 3.63) is 59.2 Å². The summed E-state index contributed by atoms with van der Waals surface area (Å²) < 4.78 is 10.6. The summed E-state index contributed by atoms with van der Waals surface area (Å²) in [5.74, 6) is 1.42. The van der Waals surface area contributed by atoms with Crippen LogP contribution in [0.4, 0.5) is 0 Å². The second kappa shape index (κ2) is 4.13. The Morgan fingerprint density at radius 1 is 1.00 bits per heavy atom. The molecule has 0 unspecified atom stereocenters. The molecule has 2 aromatic carbocycles. The summed E-state index contributed by atoms with van der Waals surface area (Å²) in [4.78, 5) is 11.9. The van der Waals surface area contributed by atoms with E-state index in [9.17, 15) is 4.79 Å². The molecule has 4 heteroatoms. The second-order valence-corrected chi connectivity index (χ2v) is 4.67. The van der Waals surface area contributed by atoms with Gasteiger partial charge in [0.15, 0.2) is 11.5 Å². The van der Waals surface area contributed by atoms with Crippen LogP contribution in [-0.2, 0) is 0 Å². The first-order valence-electron chi connectivity index (χ1n) is 6.33. The minimum atomic E-state index is -0.0624. The lowest BCUT2D eigenvalue weighted by molar-refractivity contribution is 0.0981. The van der Waals surface area contributed by atoms with Gasteiger partial charge in [-0.05, 0) is 29.8 Å². The fourth-order valence-electron chi connectivity index (χ4n) is 2.46. The van der Waals surface area contributed by atoms with Crippen LogP contribution in [0.1, 0.15) is 21.5 Å². The highest BCUT2D eigenvalue weighted by Gasteiger charge is 2.22. The quantitative estimate of drug-likeness (QED) is 0.862. The molecule has 4 nitrogen and oxygen atoms in total. The van der Waals surface area contributed by atoms with Gasteiger partial charge in [0.2, 0.25) is 6.79 Å². The maximum atomic E-state index is 11.9. The maximum absolute atomic E-state index is 11.9. The Hall–Kier alpha value is -2.75. The van der Waals surface area contributed by atoms with Gasteiger partial charge in [0.25, 0.3) is 5.91 Å². The van der Waals surface area contributed by atoms with Crippen molar-refractivity contribution in [3.8, 4) is 11.5 Å². The van der Waals surface area contributed by atoms with Gasteiger partial charge in [0.05, 0.1) is 0 Å². The van der Waals surface area contributed by atoms with E-state index in [0.717, 1.165) is 28.3 Å². The van der Waals surface area contributed by atoms with Crippen LogP contribution in [-0.4, -0.2) is 12.7 Å². The van der Waals surface area contributed by atoms with Gasteiger partial charge in [-0.25, -0.2) is 0 Å². The maximum Gasteiger partial charge on any atom is 0.256 e. The van der Waals surface area contributed by atoms with Crippen LogP contribution < -0.4 is 14.8 Å². The minimum Gasteiger partial charge on any atom is -0.454 e. The lowest BCUT2D eigenvalue weighted by Gasteiger charge is -2.02. The van der Waals surface area contributed by atoms with Crippen molar-refractivity contribution < 1.29 is 14.3 Å². The molecule has 0 radical (unpaired) electrons. The monoisotopic (exact) mass is 265 g/mol. The van der Waals surface area contributed by atoms with Crippen molar-refractivity contribution in [1.82, 2.24) is 5.32 Å². The molecular formula is C16H11NO3. The SMILES string of the molecule is O=C1N/C(=C/c2ccc3c(c2)OCO3)c2ccccc21. The van der Waals surface area contributed by atoms with Crippen LogP contribution in [0.2, 0.25) is 0 Å². The number of carbonyl (C=O) groups excluding carboxylic acids is 1. The Morgan fingerprint density at radius 3 is 2.70 bits per heavy atom. The molecule has 0 bridgehead atoms. The van der Waals surface area contributed by atoms with E-state index in [2.05, 4.69) is 5.32 Å². The molecule has 20 heavy (non-hydrogen) atoms. The smallest absolute Gasteiger partial charge is 0.256 e. The summed E-state index contributed by atoms with van der Waals surface area (Å²) in [6.07, 6.45) is 1.94. The van der Waals surface area contributed by atoms with Crippen molar-refractivity contribution >= 4 is 17.7 Å². The Morgan fingerprint density at radius 2 is 1.80 bits per heavy atom. The number of benzene rings is 2. The average molecular weight is 265 g/mol. The highest BCUT2D eigenvalue weighted by molar-refractivity contribution is 6.11. The van der Waals surface area contributed by atoms with Crippen LogP contribution in [0.25, 0.3) is 11.8 Å². The molecule has 1 amide bonds. The highest BCUT2D eigenvalue weighted by atomic mass is 16.7. The number of hydrogen-bond acceptors (Lipinski definition) is 3. The molecule has 2 aliphatic rings. The molecule has 0 spiro atoms. The highest BCUT2D eigenvalue weighted by Crippen LogP contribution is 2.34. The molecule has 0 fully saturated rings. The number of hydrogen-bond donors (Lipinski definition) is 1. The van der Waals surface area contributed by atoms with Gasteiger partial charge >= 0.3 is 0 Å². The van der Waals surface area contributed by atoms with Gasteiger partial charge in [-0.15, -0.1) is 0 Å². The first-order valence-corrected chi connectivity index (χ1v) is 6.33. The van der Waals surface area contributed by atoms with E-state index in [1.807, 2.05) is 48.5 Å². The van der Waals surface area contributed by atoms with Gasteiger partial charge < -0.3 is 14.8 Å². The van der Waals surface area contributed by atoms with Crippen molar-refractivity contribution in [2.24, 2.45) is 0 Å². The second-order valence-electron chi connectivity index (χ2n) is 4.67. The van der Waals surface area contributed by atoms with Gasteiger partial charge in [0.1, 0.15) is 0 Å². The zero-order valence-corrected chi connectivity index (χ0v) is 10.6. The van der Waals surface area contributed by atoms with Crippen molar-refractivity contribution in [1.29, 1.82) is 0 Å². The molecule has 0 aliphatic carbocycles. The number of ether oxygens (including phenoxy) is 2. The number of fused-ring (bicyclic) bond motifs is 2.